The van der Waals surface area contributed by atoms with E-state index in [2.05, 4.69) is 27.3 Å². The van der Waals surface area contributed by atoms with Crippen LogP contribution in [-0.2, 0) is 6.54 Å². The van der Waals surface area contributed by atoms with E-state index in [1.807, 2.05) is 16.9 Å². The number of nitrogen functional groups attached to an aromatic ring is 1. The summed E-state index contributed by atoms with van der Waals surface area (Å²) in [6, 6.07) is 4.02. The molecule has 1 heterocycles. The summed E-state index contributed by atoms with van der Waals surface area (Å²) in [4.78, 5) is 0. The fourth-order valence-electron chi connectivity index (χ4n) is 1.48. The molecule has 2 rings (SSSR count). The Morgan fingerprint density at radius 1 is 1.54 bits per heavy atom. The van der Waals surface area contributed by atoms with E-state index in [9.17, 15) is 0 Å². The third-order valence-electron chi connectivity index (χ3n) is 2.12. The zero-order valence-corrected chi connectivity index (χ0v) is 8.64. The molecule has 1 aromatic heterocycles. The molecular weight excluding hydrogens is 181 g/mol. The van der Waals surface area contributed by atoms with Gasteiger partial charge in [0.1, 0.15) is 0 Å². The first-order valence-corrected chi connectivity index (χ1v) is 4.80. The number of aromatic nitrogens is 2. The molecule has 0 aliphatic rings. The lowest BCUT2D eigenvalue weighted by molar-refractivity contribution is 0.684. The fourth-order valence-corrected chi connectivity index (χ4v) is 1.82. The van der Waals surface area contributed by atoms with Crippen LogP contribution >= 0.6 is 9.24 Å². The molecule has 1 unspecified atom stereocenters. The molecule has 0 aliphatic carbocycles. The van der Waals surface area contributed by atoms with Crippen LogP contribution in [0.2, 0.25) is 0 Å². The van der Waals surface area contributed by atoms with E-state index in [0.717, 1.165) is 28.4 Å². The molecule has 0 saturated carbocycles. The zero-order chi connectivity index (χ0) is 9.42. The van der Waals surface area contributed by atoms with Crippen LogP contribution in [0.25, 0.3) is 10.9 Å². The number of benzene rings is 1. The van der Waals surface area contributed by atoms with Gasteiger partial charge in [0.2, 0.25) is 0 Å². The molecule has 0 bridgehead atoms. The average Bonchev–Trinajstić information content (AvgIpc) is 2.47. The van der Waals surface area contributed by atoms with Crippen LogP contribution in [0.4, 0.5) is 5.69 Å². The van der Waals surface area contributed by atoms with Gasteiger partial charge in [0.25, 0.3) is 0 Å². The second-order valence-corrected chi connectivity index (χ2v) is 3.67. The minimum absolute atomic E-state index is 0.794. The lowest BCUT2D eigenvalue weighted by Gasteiger charge is -2.01. The maximum absolute atomic E-state index is 5.86. The van der Waals surface area contributed by atoms with Crippen LogP contribution in [0.15, 0.2) is 18.3 Å². The summed E-state index contributed by atoms with van der Waals surface area (Å²) in [5.41, 5.74) is 7.76. The van der Waals surface area contributed by atoms with E-state index < -0.39 is 0 Å². The standard InChI is InChI=1S/C9H12N3P/c1-2-12-9-4-6(13)3-8(10)7(9)5-11-12/h3-5H,2,10,13H2,1H3. The number of nitrogens with zero attached hydrogens (tertiary/aromatic N) is 2. The van der Waals surface area contributed by atoms with Crippen LogP contribution in [0, 0.1) is 0 Å². The van der Waals surface area contributed by atoms with Gasteiger partial charge in [0.05, 0.1) is 11.7 Å². The summed E-state index contributed by atoms with van der Waals surface area (Å²) in [6.45, 7) is 2.94. The molecule has 2 aromatic rings. The Kier molecular flexibility index (Phi) is 1.97. The molecule has 68 valence electrons. The minimum Gasteiger partial charge on any atom is -0.398 e. The quantitative estimate of drug-likeness (QED) is 0.545. The summed E-state index contributed by atoms with van der Waals surface area (Å²) in [6.07, 6.45) is 1.82. The van der Waals surface area contributed by atoms with Gasteiger partial charge in [-0.2, -0.15) is 5.10 Å². The van der Waals surface area contributed by atoms with Crippen LogP contribution in [0.1, 0.15) is 6.92 Å². The number of aryl methyl sites for hydroxylation is 1. The molecule has 1 aromatic carbocycles. The third kappa shape index (κ3) is 1.29. The number of rotatable bonds is 1. The largest absolute Gasteiger partial charge is 0.398 e. The Hall–Kier alpha value is -1.08. The molecule has 0 radical (unpaired) electrons. The normalized spacial score (nSPS) is 10.9. The van der Waals surface area contributed by atoms with E-state index in [0.29, 0.717) is 0 Å². The van der Waals surface area contributed by atoms with E-state index in [4.69, 9.17) is 5.73 Å². The number of hydrogen-bond acceptors (Lipinski definition) is 2. The topological polar surface area (TPSA) is 43.8 Å². The molecule has 1 atom stereocenters. The zero-order valence-electron chi connectivity index (χ0n) is 7.49. The maximum atomic E-state index is 5.86. The first-order chi connectivity index (χ1) is 6.22. The maximum Gasteiger partial charge on any atom is 0.0709 e. The van der Waals surface area contributed by atoms with E-state index >= 15 is 0 Å². The molecule has 0 aliphatic heterocycles. The first kappa shape index (κ1) is 8.52. The van der Waals surface area contributed by atoms with Gasteiger partial charge in [0.15, 0.2) is 0 Å². The lowest BCUT2D eigenvalue weighted by Crippen LogP contribution is -2.00. The molecule has 0 fully saturated rings. The Morgan fingerprint density at radius 2 is 2.31 bits per heavy atom. The number of fused-ring (bicyclic) bond motifs is 1. The summed E-state index contributed by atoms with van der Waals surface area (Å²) >= 11 is 0. The molecule has 0 amide bonds. The van der Waals surface area contributed by atoms with Crippen molar-refractivity contribution in [1.29, 1.82) is 0 Å². The number of anilines is 1. The molecule has 4 heteroatoms. The predicted octanol–water partition coefficient (Wildman–Crippen LogP) is 1.14. The third-order valence-corrected chi connectivity index (χ3v) is 2.45. The van der Waals surface area contributed by atoms with Crippen LogP contribution in [0.3, 0.4) is 0 Å². The van der Waals surface area contributed by atoms with Crippen molar-refractivity contribution < 1.29 is 0 Å². The fraction of sp³-hybridized carbons (Fsp3) is 0.222. The second-order valence-electron chi connectivity index (χ2n) is 3.00. The van der Waals surface area contributed by atoms with Crippen LogP contribution in [0.5, 0.6) is 0 Å². The lowest BCUT2D eigenvalue weighted by atomic mass is 10.2. The van der Waals surface area contributed by atoms with Crippen molar-refractivity contribution in [3.8, 4) is 0 Å². The van der Waals surface area contributed by atoms with Gasteiger partial charge in [-0.3, -0.25) is 4.68 Å². The summed E-state index contributed by atoms with van der Waals surface area (Å²) in [7, 11) is 2.65. The monoisotopic (exact) mass is 193 g/mol. The average molecular weight is 193 g/mol. The van der Waals surface area contributed by atoms with Crippen molar-refractivity contribution in [2.45, 2.75) is 13.5 Å². The van der Waals surface area contributed by atoms with Gasteiger partial charge in [-0.25, -0.2) is 0 Å². The Labute approximate surface area is 79.1 Å². The van der Waals surface area contributed by atoms with Crippen molar-refractivity contribution in [2.24, 2.45) is 0 Å². The van der Waals surface area contributed by atoms with Crippen molar-refractivity contribution in [3.05, 3.63) is 18.3 Å². The minimum atomic E-state index is 0.794. The smallest absolute Gasteiger partial charge is 0.0709 e. The van der Waals surface area contributed by atoms with Gasteiger partial charge in [-0.15, -0.1) is 9.24 Å². The molecule has 2 N–H and O–H groups in total. The highest BCUT2D eigenvalue weighted by molar-refractivity contribution is 7.27. The summed E-state index contributed by atoms with van der Waals surface area (Å²) < 4.78 is 1.94. The molecule has 13 heavy (non-hydrogen) atoms. The highest BCUT2D eigenvalue weighted by Gasteiger charge is 2.04. The van der Waals surface area contributed by atoms with Gasteiger partial charge in [-0.1, -0.05) is 0 Å². The Balaban J connectivity index is 2.82. The Morgan fingerprint density at radius 3 is 3.00 bits per heavy atom. The molecule has 0 saturated heterocycles. The van der Waals surface area contributed by atoms with E-state index in [1.165, 1.54) is 0 Å². The summed E-state index contributed by atoms with van der Waals surface area (Å²) in [5, 5.41) is 6.38. The number of nitrogens with two attached hydrogens (primary N) is 1. The predicted molar refractivity (Wildman–Crippen MR) is 59.2 cm³/mol. The van der Waals surface area contributed by atoms with Gasteiger partial charge < -0.3 is 5.73 Å². The van der Waals surface area contributed by atoms with Gasteiger partial charge in [0, 0.05) is 17.6 Å². The Bertz CT molecular complexity index is 447. The van der Waals surface area contributed by atoms with E-state index in [1.54, 1.807) is 0 Å². The van der Waals surface area contributed by atoms with Crippen LogP contribution in [-0.4, -0.2) is 9.78 Å². The molecule has 3 nitrogen and oxygen atoms in total. The van der Waals surface area contributed by atoms with Crippen LogP contribution < -0.4 is 11.0 Å². The number of hydrogen-bond donors (Lipinski definition) is 1. The molecular formula is C9H12N3P. The second kappa shape index (κ2) is 3.00. The highest BCUT2D eigenvalue weighted by Crippen LogP contribution is 2.19. The van der Waals surface area contributed by atoms with Crippen molar-refractivity contribution in [1.82, 2.24) is 9.78 Å². The van der Waals surface area contributed by atoms with Gasteiger partial charge >= 0.3 is 0 Å². The van der Waals surface area contributed by atoms with E-state index in [-0.39, 0.29) is 0 Å². The first-order valence-electron chi connectivity index (χ1n) is 4.23. The van der Waals surface area contributed by atoms with Crippen molar-refractivity contribution in [2.75, 3.05) is 5.73 Å². The van der Waals surface area contributed by atoms with Crippen molar-refractivity contribution >= 4 is 31.1 Å². The SMILES string of the molecule is CCn1ncc2c(N)cc(P)cc21. The van der Waals surface area contributed by atoms with Crippen molar-refractivity contribution in [3.63, 3.8) is 0 Å². The highest BCUT2D eigenvalue weighted by atomic mass is 31.0. The molecule has 0 spiro atoms. The summed E-state index contributed by atoms with van der Waals surface area (Å²) in [5.74, 6) is 0. The van der Waals surface area contributed by atoms with Gasteiger partial charge in [-0.05, 0) is 24.4 Å².